The average Bonchev–Trinajstić information content (AvgIpc) is 2.25. The van der Waals surface area contributed by atoms with Crippen molar-refractivity contribution >= 4 is 17.3 Å². The molecule has 0 aromatic heterocycles. The third kappa shape index (κ3) is 4.01. The van der Waals surface area contributed by atoms with Gasteiger partial charge in [0.05, 0.1) is 10.7 Å². The van der Waals surface area contributed by atoms with Crippen LogP contribution in [-0.2, 0) is 0 Å². The van der Waals surface area contributed by atoms with Crippen LogP contribution in [0.25, 0.3) is 0 Å². The molecule has 1 atom stereocenters. The van der Waals surface area contributed by atoms with Gasteiger partial charge in [0.15, 0.2) is 5.82 Å². The van der Waals surface area contributed by atoms with Crippen molar-refractivity contribution in [3.8, 4) is 0 Å². The second-order valence-corrected chi connectivity index (χ2v) is 4.55. The molecule has 0 bridgehead atoms. The molecule has 0 aliphatic rings. The first-order valence-electron chi connectivity index (χ1n) is 5.85. The van der Waals surface area contributed by atoms with Crippen molar-refractivity contribution in [1.29, 1.82) is 0 Å². The van der Waals surface area contributed by atoms with Crippen molar-refractivity contribution in [1.82, 2.24) is 0 Å². The standard InChI is InChI=1S/C13H19ClFN/c1-3-4-5-7-10(2)16-12-9-6-8-11(14)13(12)15/h6,8-10,16H,3-5,7H2,1-2H3. The minimum atomic E-state index is -0.355. The van der Waals surface area contributed by atoms with E-state index in [2.05, 4.69) is 19.2 Å². The van der Waals surface area contributed by atoms with Crippen LogP contribution in [0.15, 0.2) is 18.2 Å². The summed E-state index contributed by atoms with van der Waals surface area (Å²) in [5.74, 6) is -0.355. The summed E-state index contributed by atoms with van der Waals surface area (Å²) in [6.45, 7) is 4.24. The first kappa shape index (κ1) is 13.3. The third-order valence-electron chi connectivity index (χ3n) is 2.59. The van der Waals surface area contributed by atoms with E-state index in [1.165, 1.54) is 19.3 Å². The van der Waals surface area contributed by atoms with Crippen LogP contribution in [0, 0.1) is 5.82 Å². The van der Waals surface area contributed by atoms with Gasteiger partial charge in [0.1, 0.15) is 0 Å². The van der Waals surface area contributed by atoms with Gasteiger partial charge >= 0.3 is 0 Å². The lowest BCUT2D eigenvalue weighted by molar-refractivity contribution is 0.600. The molecule has 0 heterocycles. The smallest absolute Gasteiger partial charge is 0.164 e. The van der Waals surface area contributed by atoms with Gasteiger partial charge in [-0.25, -0.2) is 4.39 Å². The zero-order chi connectivity index (χ0) is 12.0. The molecule has 0 amide bonds. The quantitative estimate of drug-likeness (QED) is 0.704. The van der Waals surface area contributed by atoms with E-state index in [0.717, 1.165) is 6.42 Å². The van der Waals surface area contributed by atoms with E-state index in [4.69, 9.17) is 11.6 Å². The minimum absolute atomic E-state index is 0.172. The SMILES string of the molecule is CCCCCC(C)Nc1cccc(Cl)c1F. The number of rotatable bonds is 6. The number of unbranched alkanes of at least 4 members (excludes halogenated alkanes) is 2. The van der Waals surface area contributed by atoms with E-state index in [0.29, 0.717) is 5.69 Å². The van der Waals surface area contributed by atoms with Gasteiger partial charge in [-0.05, 0) is 25.5 Å². The summed E-state index contributed by atoms with van der Waals surface area (Å²) in [6.07, 6.45) is 4.66. The lowest BCUT2D eigenvalue weighted by atomic mass is 10.1. The highest BCUT2D eigenvalue weighted by Gasteiger charge is 2.08. The number of hydrogen-bond donors (Lipinski definition) is 1. The number of anilines is 1. The number of benzene rings is 1. The Kier molecular flexibility index (Phi) is 5.61. The Morgan fingerprint density at radius 1 is 1.38 bits per heavy atom. The maximum atomic E-state index is 13.6. The van der Waals surface area contributed by atoms with E-state index in [9.17, 15) is 4.39 Å². The Morgan fingerprint density at radius 2 is 2.12 bits per heavy atom. The van der Waals surface area contributed by atoms with Gasteiger partial charge in [0, 0.05) is 6.04 Å². The highest BCUT2D eigenvalue weighted by molar-refractivity contribution is 6.31. The molecule has 0 fully saturated rings. The van der Waals surface area contributed by atoms with Crippen LogP contribution in [0.2, 0.25) is 5.02 Å². The third-order valence-corrected chi connectivity index (χ3v) is 2.89. The summed E-state index contributed by atoms with van der Waals surface area (Å²) >= 11 is 5.71. The second-order valence-electron chi connectivity index (χ2n) is 4.14. The molecule has 1 aromatic rings. The Bertz CT molecular complexity index is 328. The van der Waals surface area contributed by atoms with Crippen LogP contribution in [0.3, 0.4) is 0 Å². The minimum Gasteiger partial charge on any atom is -0.380 e. The van der Waals surface area contributed by atoms with Crippen LogP contribution >= 0.6 is 11.6 Å². The zero-order valence-electron chi connectivity index (χ0n) is 9.89. The molecule has 0 radical (unpaired) electrons. The van der Waals surface area contributed by atoms with Crippen molar-refractivity contribution in [3.63, 3.8) is 0 Å². The monoisotopic (exact) mass is 243 g/mol. The van der Waals surface area contributed by atoms with Gasteiger partial charge in [0.25, 0.3) is 0 Å². The molecule has 0 aliphatic carbocycles. The first-order valence-corrected chi connectivity index (χ1v) is 6.23. The largest absolute Gasteiger partial charge is 0.380 e. The van der Waals surface area contributed by atoms with Gasteiger partial charge in [-0.3, -0.25) is 0 Å². The van der Waals surface area contributed by atoms with Crippen molar-refractivity contribution in [2.75, 3.05) is 5.32 Å². The fraction of sp³-hybridized carbons (Fsp3) is 0.538. The van der Waals surface area contributed by atoms with Crippen LogP contribution in [0.4, 0.5) is 10.1 Å². The summed E-state index contributed by atoms with van der Waals surface area (Å²) in [5.41, 5.74) is 0.497. The molecule has 1 unspecified atom stereocenters. The van der Waals surface area contributed by atoms with Gasteiger partial charge in [0.2, 0.25) is 0 Å². The van der Waals surface area contributed by atoms with Crippen LogP contribution in [-0.4, -0.2) is 6.04 Å². The average molecular weight is 244 g/mol. The first-order chi connectivity index (χ1) is 7.65. The molecule has 0 saturated heterocycles. The van der Waals surface area contributed by atoms with E-state index in [-0.39, 0.29) is 16.9 Å². The lowest BCUT2D eigenvalue weighted by Gasteiger charge is -2.15. The normalized spacial score (nSPS) is 12.5. The molecule has 1 rings (SSSR count). The van der Waals surface area contributed by atoms with E-state index in [1.807, 2.05) is 0 Å². The predicted octanol–water partition coefficient (Wildman–Crippen LogP) is 4.86. The van der Waals surface area contributed by atoms with Gasteiger partial charge in [-0.1, -0.05) is 43.9 Å². The zero-order valence-corrected chi connectivity index (χ0v) is 10.6. The lowest BCUT2D eigenvalue weighted by Crippen LogP contribution is -2.15. The van der Waals surface area contributed by atoms with Gasteiger partial charge in [-0.2, -0.15) is 0 Å². The fourth-order valence-electron chi connectivity index (χ4n) is 1.65. The summed E-state index contributed by atoms with van der Waals surface area (Å²) in [5, 5.41) is 3.32. The Morgan fingerprint density at radius 3 is 2.81 bits per heavy atom. The molecule has 3 heteroatoms. The van der Waals surface area contributed by atoms with Gasteiger partial charge < -0.3 is 5.32 Å². The Balaban J connectivity index is 2.49. The van der Waals surface area contributed by atoms with Crippen LogP contribution in [0.5, 0.6) is 0 Å². The maximum absolute atomic E-state index is 13.6. The summed E-state index contributed by atoms with van der Waals surface area (Å²) in [7, 11) is 0. The molecular weight excluding hydrogens is 225 g/mol. The molecule has 16 heavy (non-hydrogen) atoms. The molecule has 0 aliphatic heterocycles. The van der Waals surface area contributed by atoms with Crippen molar-refractivity contribution < 1.29 is 4.39 Å². The topological polar surface area (TPSA) is 12.0 Å². The number of halogens is 2. The molecule has 1 nitrogen and oxygen atoms in total. The maximum Gasteiger partial charge on any atom is 0.164 e. The molecule has 90 valence electrons. The molecular formula is C13H19ClFN. The molecule has 1 aromatic carbocycles. The molecule has 0 spiro atoms. The highest BCUT2D eigenvalue weighted by Crippen LogP contribution is 2.23. The van der Waals surface area contributed by atoms with Crippen molar-refractivity contribution in [3.05, 3.63) is 29.0 Å². The van der Waals surface area contributed by atoms with Crippen molar-refractivity contribution in [2.24, 2.45) is 0 Å². The van der Waals surface area contributed by atoms with E-state index >= 15 is 0 Å². The fourth-order valence-corrected chi connectivity index (χ4v) is 1.83. The Labute approximate surface area is 102 Å². The number of nitrogens with one attached hydrogen (secondary N) is 1. The highest BCUT2D eigenvalue weighted by atomic mass is 35.5. The van der Waals surface area contributed by atoms with Gasteiger partial charge in [-0.15, -0.1) is 0 Å². The van der Waals surface area contributed by atoms with Crippen LogP contribution in [0.1, 0.15) is 39.5 Å². The molecule has 1 N–H and O–H groups in total. The molecule has 0 saturated carbocycles. The van der Waals surface area contributed by atoms with E-state index < -0.39 is 0 Å². The van der Waals surface area contributed by atoms with E-state index in [1.54, 1.807) is 18.2 Å². The van der Waals surface area contributed by atoms with Crippen LogP contribution < -0.4 is 5.32 Å². The Hall–Kier alpha value is -0.760. The van der Waals surface area contributed by atoms with Crippen molar-refractivity contribution in [2.45, 2.75) is 45.6 Å². The summed E-state index contributed by atoms with van der Waals surface area (Å²) in [4.78, 5) is 0. The number of hydrogen-bond acceptors (Lipinski definition) is 1. The predicted molar refractivity (Wildman–Crippen MR) is 68.6 cm³/mol. The summed E-state index contributed by atoms with van der Waals surface area (Å²) in [6, 6.07) is 5.31. The second kappa shape index (κ2) is 6.74. The summed E-state index contributed by atoms with van der Waals surface area (Å²) < 4.78 is 13.6.